The number of ether oxygens (including phenoxy) is 2. The van der Waals surface area contributed by atoms with Gasteiger partial charge in [-0.2, -0.15) is 0 Å². The predicted octanol–water partition coefficient (Wildman–Crippen LogP) is 4.07. The van der Waals surface area contributed by atoms with Crippen molar-refractivity contribution in [3.8, 4) is 11.5 Å². The summed E-state index contributed by atoms with van der Waals surface area (Å²) in [7, 11) is 0. The molecule has 0 fully saturated rings. The molecule has 3 rings (SSSR count). The molecule has 4 nitrogen and oxygen atoms in total. The Morgan fingerprint density at radius 2 is 1.71 bits per heavy atom. The number of nitrogens with one attached hydrogen (secondary N) is 1. The number of thiocarbonyl (C=S) groups is 1. The van der Waals surface area contributed by atoms with E-state index in [2.05, 4.69) is 5.32 Å². The minimum absolute atomic E-state index is 0.460. The molecule has 5 heteroatoms. The lowest BCUT2D eigenvalue weighted by Gasteiger charge is -2.17. The third-order valence-corrected chi connectivity index (χ3v) is 3.87. The molecule has 0 unspecified atom stereocenters. The van der Waals surface area contributed by atoms with Crippen molar-refractivity contribution in [1.82, 2.24) is 0 Å². The monoisotopic (exact) mass is 340 g/mol. The fourth-order valence-corrected chi connectivity index (χ4v) is 2.84. The van der Waals surface area contributed by atoms with Gasteiger partial charge in [-0.25, -0.2) is 0 Å². The van der Waals surface area contributed by atoms with Gasteiger partial charge in [0.2, 0.25) is 0 Å². The molecule has 124 valence electrons. The molecule has 1 aliphatic heterocycles. The summed E-state index contributed by atoms with van der Waals surface area (Å²) in [6.45, 7) is 5.52. The highest BCUT2D eigenvalue weighted by Crippen LogP contribution is 2.36. The maximum absolute atomic E-state index is 5.77. The predicted molar refractivity (Wildman–Crippen MR) is 102 cm³/mol. The van der Waals surface area contributed by atoms with E-state index in [1.165, 1.54) is 0 Å². The summed E-state index contributed by atoms with van der Waals surface area (Å²) >= 11 is 5.37. The first kappa shape index (κ1) is 16.5. The fourth-order valence-electron chi connectivity index (χ4n) is 2.66. The molecule has 0 bridgehead atoms. The lowest BCUT2D eigenvalue weighted by Crippen LogP contribution is -2.11. The van der Waals surface area contributed by atoms with Gasteiger partial charge in [-0.05, 0) is 19.9 Å². The van der Waals surface area contributed by atoms with E-state index < -0.39 is 0 Å². The Balaban J connectivity index is 2.16. The van der Waals surface area contributed by atoms with Gasteiger partial charge >= 0.3 is 0 Å². The van der Waals surface area contributed by atoms with Gasteiger partial charge in [0.1, 0.15) is 4.99 Å². The maximum atomic E-state index is 5.77. The minimum Gasteiger partial charge on any atom is -0.490 e. The van der Waals surface area contributed by atoms with Crippen molar-refractivity contribution in [3.63, 3.8) is 0 Å². The summed E-state index contributed by atoms with van der Waals surface area (Å²) in [4.78, 5) is 5.40. The molecule has 0 saturated carbocycles. The summed E-state index contributed by atoms with van der Waals surface area (Å²) in [6.07, 6.45) is 0. The van der Waals surface area contributed by atoms with Crippen LogP contribution in [0.3, 0.4) is 0 Å². The van der Waals surface area contributed by atoms with Crippen molar-refractivity contribution < 1.29 is 9.47 Å². The first-order valence-electron chi connectivity index (χ1n) is 8.06. The van der Waals surface area contributed by atoms with Gasteiger partial charge in [0.25, 0.3) is 0 Å². The zero-order valence-electron chi connectivity index (χ0n) is 13.8. The van der Waals surface area contributed by atoms with Gasteiger partial charge in [-0.15, -0.1) is 0 Å². The molecular weight excluding hydrogens is 320 g/mol. The normalized spacial score (nSPS) is 13.4. The Labute approximate surface area is 147 Å². The second-order valence-corrected chi connectivity index (χ2v) is 5.78. The molecule has 1 N–H and O–H groups in total. The second-order valence-electron chi connectivity index (χ2n) is 5.29. The summed E-state index contributed by atoms with van der Waals surface area (Å²) < 4.78 is 11.5. The SMILES string of the molecule is CCOc1cc2c(cc1OCC)C(c1ccccc1)=NCC(=S)N2. The number of fused-ring (bicyclic) bond motifs is 1. The quantitative estimate of drug-likeness (QED) is 0.833. The van der Waals surface area contributed by atoms with Crippen LogP contribution in [0.5, 0.6) is 11.5 Å². The van der Waals surface area contributed by atoms with Gasteiger partial charge in [0.05, 0.1) is 31.2 Å². The molecule has 2 aromatic rings. The minimum atomic E-state index is 0.460. The van der Waals surface area contributed by atoms with Crippen LogP contribution in [0.2, 0.25) is 0 Å². The molecule has 1 aliphatic rings. The van der Waals surface area contributed by atoms with Crippen LogP contribution >= 0.6 is 12.2 Å². The Morgan fingerprint density at radius 1 is 1.04 bits per heavy atom. The number of benzene rings is 2. The maximum Gasteiger partial charge on any atom is 0.163 e. The Morgan fingerprint density at radius 3 is 2.38 bits per heavy atom. The van der Waals surface area contributed by atoms with E-state index in [9.17, 15) is 0 Å². The molecule has 0 saturated heterocycles. The first-order valence-corrected chi connectivity index (χ1v) is 8.47. The molecule has 2 aromatic carbocycles. The Kier molecular flexibility index (Phi) is 5.11. The largest absolute Gasteiger partial charge is 0.490 e. The van der Waals surface area contributed by atoms with E-state index in [1.54, 1.807) is 0 Å². The van der Waals surface area contributed by atoms with Gasteiger partial charge in [-0.1, -0.05) is 42.5 Å². The van der Waals surface area contributed by atoms with E-state index in [1.807, 2.05) is 56.3 Å². The van der Waals surface area contributed by atoms with Crippen molar-refractivity contribution in [3.05, 3.63) is 53.6 Å². The number of nitrogens with zero attached hydrogens (tertiary/aromatic N) is 1. The lowest BCUT2D eigenvalue weighted by atomic mass is 10.00. The zero-order valence-corrected chi connectivity index (χ0v) is 14.7. The zero-order chi connectivity index (χ0) is 16.9. The van der Waals surface area contributed by atoms with E-state index >= 15 is 0 Å². The van der Waals surface area contributed by atoms with E-state index in [-0.39, 0.29) is 0 Å². The van der Waals surface area contributed by atoms with Crippen LogP contribution in [0.25, 0.3) is 0 Å². The van der Waals surface area contributed by atoms with Gasteiger partial charge in [0.15, 0.2) is 11.5 Å². The van der Waals surface area contributed by atoms with Crippen molar-refractivity contribution in [2.45, 2.75) is 13.8 Å². The van der Waals surface area contributed by atoms with Crippen LogP contribution in [0, 0.1) is 0 Å². The highest BCUT2D eigenvalue weighted by molar-refractivity contribution is 7.80. The summed E-state index contributed by atoms with van der Waals surface area (Å²) in [5, 5.41) is 3.27. The van der Waals surface area contributed by atoms with E-state index in [0.29, 0.717) is 30.5 Å². The molecule has 0 amide bonds. The van der Waals surface area contributed by atoms with Crippen LogP contribution in [0.4, 0.5) is 5.69 Å². The van der Waals surface area contributed by atoms with Gasteiger partial charge < -0.3 is 14.8 Å². The standard InChI is InChI=1S/C19H20N2O2S/c1-3-22-16-10-14-15(11-17(16)23-4-2)21-18(24)12-20-19(14)13-8-6-5-7-9-13/h5-11H,3-4,12H2,1-2H3,(H,21,24). The van der Waals surface area contributed by atoms with E-state index in [0.717, 1.165) is 28.3 Å². The topological polar surface area (TPSA) is 42.9 Å². The third-order valence-electron chi connectivity index (χ3n) is 3.64. The number of aliphatic imine (C=N–C) groups is 1. The van der Waals surface area contributed by atoms with Gasteiger partial charge in [0, 0.05) is 17.2 Å². The smallest absolute Gasteiger partial charge is 0.163 e. The highest BCUT2D eigenvalue weighted by atomic mass is 32.1. The van der Waals surface area contributed by atoms with Crippen molar-refractivity contribution >= 4 is 28.6 Å². The number of rotatable bonds is 5. The fraction of sp³-hybridized carbons (Fsp3) is 0.263. The third kappa shape index (κ3) is 3.41. The molecule has 0 atom stereocenters. The van der Waals surface area contributed by atoms with Crippen LogP contribution in [-0.2, 0) is 0 Å². The van der Waals surface area contributed by atoms with Crippen molar-refractivity contribution in [1.29, 1.82) is 0 Å². The molecule has 0 spiro atoms. The molecule has 0 aliphatic carbocycles. The van der Waals surface area contributed by atoms with Crippen LogP contribution in [-0.4, -0.2) is 30.5 Å². The average Bonchev–Trinajstić information content (AvgIpc) is 2.75. The average molecular weight is 340 g/mol. The van der Waals surface area contributed by atoms with Crippen LogP contribution < -0.4 is 14.8 Å². The number of anilines is 1. The molecule has 0 radical (unpaired) electrons. The van der Waals surface area contributed by atoms with Crippen molar-refractivity contribution in [2.24, 2.45) is 4.99 Å². The lowest BCUT2D eigenvalue weighted by molar-refractivity contribution is 0.288. The van der Waals surface area contributed by atoms with Gasteiger partial charge in [-0.3, -0.25) is 4.99 Å². The molecule has 24 heavy (non-hydrogen) atoms. The number of hydrogen-bond donors (Lipinski definition) is 1. The highest BCUT2D eigenvalue weighted by Gasteiger charge is 2.20. The van der Waals surface area contributed by atoms with Crippen LogP contribution in [0.1, 0.15) is 25.0 Å². The second kappa shape index (κ2) is 7.45. The number of hydrogen-bond acceptors (Lipinski definition) is 4. The summed E-state index contributed by atoms with van der Waals surface area (Å²) in [5.74, 6) is 1.43. The molecule has 1 heterocycles. The van der Waals surface area contributed by atoms with Crippen molar-refractivity contribution in [2.75, 3.05) is 25.1 Å². The first-order chi connectivity index (χ1) is 11.7. The molecular formula is C19H20N2O2S. The Bertz CT molecular complexity index is 772. The summed E-state index contributed by atoms with van der Waals surface area (Å²) in [5.41, 5.74) is 3.82. The van der Waals surface area contributed by atoms with Crippen LogP contribution in [0.15, 0.2) is 47.5 Å². The number of benzodiazepines with no additional fused rings is 1. The molecule has 0 aromatic heterocycles. The Hall–Kier alpha value is -2.40. The van der Waals surface area contributed by atoms with E-state index in [4.69, 9.17) is 26.7 Å². The summed E-state index contributed by atoms with van der Waals surface area (Å²) in [6, 6.07) is 14.0.